The van der Waals surface area contributed by atoms with Gasteiger partial charge in [-0.2, -0.15) is 0 Å². The normalized spacial score (nSPS) is 13.5. The third kappa shape index (κ3) is 5.28. The second-order valence-electron chi connectivity index (χ2n) is 7.89. The van der Waals surface area contributed by atoms with Gasteiger partial charge in [-0.25, -0.2) is 4.79 Å². The molecule has 0 spiro atoms. The minimum atomic E-state index is -0.653. The maximum Gasteiger partial charge on any atom is 0.514 e. The standard InChI is InChI=1S/C24H32O4/c1-7-17-24(5,8-2)28-22(25)27-21-15-11-19(12-16-21)23(3,4)18-9-13-20(26-6)14-10-18/h9-16H,7-8,17H2,1-6H3. The van der Waals surface area contributed by atoms with E-state index in [1.54, 1.807) is 7.11 Å². The highest BCUT2D eigenvalue weighted by Gasteiger charge is 2.27. The third-order valence-corrected chi connectivity index (χ3v) is 5.45. The maximum atomic E-state index is 12.2. The molecule has 0 saturated carbocycles. The van der Waals surface area contributed by atoms with Crippen LogP contribution in [0.25, 0.3) is 0 Å². The van der Waals surface area contributed by atoms with Gasteiger partial charge in [0.05, 0.1) is 7.11 Å². The van der Waals surface area contributed by atoms with Gasteiger partial charge in [0.1, 0.15) is 17.1 Å². The Morgan fingerprint density at radius 1 is 0.857 bits per heavy atom. The number of hydrogen-bond donors (Lipinski definition) is 0. The molecule has 4 heteroatoms. The van der Waals surface area contributed by atoms with Crippen molar-refractivity contribution in [2.75, 3.05) is 7.11 Å². The fourth-order valence-electron chi connectivity index (χ4n) is 3.26. The summed E-state index contributed by atoms with van der Waals surface area (Å²) in [5, 5.41) is 0. The predicted octanol–water partition coefficient (Wildman–Crippen LogP) is 6.51. The lowest BCUT2D eigenvalue weighted by molar-refractivity contribution is -0.0106. The smallest absolute Gasteiger partial charge is 0.497 e. The number of carbonyl (C=O) groups excluding carboxylic acids is 1. The Bertz CT molecular complexity index is 762. The maximum absolute atomic E-state index is 12.2. The van der Waals surface area contributed by atoms with Gasteiger partial charge in [0.2, 0.25) is 0 Å². The molecule has 0 radical (unpaired) electrons. The predicted molar refractivity (Wildman–Crippen MR) is 112 cm³/mol. The molecule has 2 aromatic rings. The molecule has 0 aliphatic rings. The van der Waals surface area contributed by atoms with E-state index in [4.69, 9.17) is 14.2 Å². The highest BCUT2D eigenvalue weighted by atomic mass is 16.7. The first-order valence-corrected chi connectivity index (χ1v) is 9.90. The number of benzene rings is 2. The van der Waals surface area contributed by atoms with Gasteiger partial charge >= 0.3 is 6.16 Å². The molecular weight excluding hydrogens is 352 g/mol. The highest BCUT2D eigenvalue weighted by Crippen LogP contribution is 2.33. The molecule has 0 bridgehead atoms. The average Bonchev–Trinajstić information content (AvgIpc) is 2.68. The van der Waals surface area contributed by atoms with Crippen molar-refractivity contribution in [2.45, 2.75) is 64.9 Å². The van der Waals surface area contributed by atoms with E-state index >= 15 is 0 Å². The molecule has 1 atom stereocenters. The zero-order valence-electron chi connectivity index (χ0n) is 17.9. The molecule has 0 aliphatic carbocycles. The number of ether oxygens (including phenoxy) is 3. The van der Waals surface area contributed by atoms with Crippen LogP contribution in [0.3, 0.4) is 0 Å². The van der Waals surface area contributed by atoms with Gasteiger partial charge < -0.3 is 14.2 Å². The fourth-order valence-corrected chi connectivity index (χ4v) is 3.26. The SMILES string of the molecule is CCCC(C)(CC)OC(=O)Oc1ccc(C(C)(C)c2ccc(OC)cc2)cc1. The van der Waals surface area contributed by atoms with Crippen LogP contribution in [-0.2, 0) is 10.2 Å². The Morgan fingerprint density at radius 2 is 1.36 bits per heavy atom. The van der Waals surface area contributed by atoms with Crippen molar-refractivity contribution < 1.29 is 19.0 Å². The van der Waals surface area contributed by atoms with Crippen molar-refractivity contribution in [2.24, 2.45) is 0 Å². The lowest BCUT2D eigenvalue weighted by Gasteiger charge is -2.27. The van der Waals surface area contributed by atoms with Gasteiger partial charge in [0.15, 0.2) is 0 Å². The topological polar surface area (TPSA) is 44.8 Å². The second kappa shape index (κ2) is 9.13. The summed E-state index contributed by atoms with van der Waals surface area (Å²) in [6.07, 6.45) is 1.87. The monoisotopic (exact) mass is 384 g/mol. The Kier molecular flexibility index (Phi) is 7.11. The summed E-state index contributed by atoms with van der Waals surface area (Å²) in [6, 6.07) is 15.7. The van der Waals surface area contributed by atoms with Crippen LogP contribution in [0.1, 0.15) is 65.0 Å². The van der Waals surface area contributed by atoms with Crippen LogP contribution in [0.4, 0.5) is 4.79 Å². The summed E-state index contributed by atoms with van der Waals surface area (Å²) < 4.78 is 16.2. The molecule has 0 amide bonds. The molecule has 0 fully saturated rings. The molecule has 0 N–H and O–H groups in total. The highest BCUT2D eigenvalue weighted by molar-refractivity contribution is 5.64. The summed E-state index contributed by atoms with van der Waals surface area (Å²) in [5.74, 6) is 1.32. The molecule has 0 aromatic heterocycles. The third-order valence-electron chi connectivity index (χ3n) is 5.45. The average molecular weight is 385 g/mol. The Labute approximate surface area is 168 Å². The summed E-state index contributed by atoms with van der Waals surface area (Å²) >= 11 is 0. The molecule has 152 valence electrons. The fraction of sp³-hybridized carbons (Fsp3) is 0.458. The first kappa shape index (κ1) is 21.8. The first-order valence-electron chi connectivity index (χ1n) is 9.90. The molecule has 2 rings (SSSR count). The minimum Gasteiger partial charge on any atom is -0.497 e. The molecule has 2 aromatic carbocycles. The van der Waals surface area contributed by atoms with Crippen molar-refractivity contribution in [3.63, 3.8) is 0 Å². The Morgan fingerprint density at radius 3 is 1.79 bits per heavy atom. The van der Waals surface area contributed by atoms with Crippen LogP contribution < -0.4 is 9.47 Å². The van der Waals surface area contributed by atoms with E-state index in [0.29, 0.717) is 5.75 Å². The Hall–Kier alpha value is -2.49. The zero-order valence-corrected chi connectivity index (χ0v) is 17.9. The summed E-state index contributed by atoms with van der Waals surface area (Å²) in [6.45, 7) is 10.4. The van der Waals surface area contributed by atoms with E-state index in [1.807, 2.05) is 50.2 Å². The molecule has 0 aliphatic heterocycles. The molecule has 1 unspecified atom stereocenters. The summed E-state index contributed by atoms with van der Waals surface area (Å²) in [7, 11) is 1.66. The van der Waals surface area contributed by atoms with Crippen molar-refractivity contribution in [1.29, 1.82) is 0 Å². The molecular formula is C24H32O4. The lowest BCUT2D eigenvalue weighted by atomic mass is 9.78. The van der Waals surface area contributed by atoms with Crippen LogP contribution in [0.15, 0.2) is 48.5 Å². The minimum absolute atomic E-state index is 0.187. The van der Waals surface area contributed by atoms with Crippen LogP contribution >= 0.6 is 0 Å². The van der Waals surface area contributed by atoms with Gasteiger partial charge in [0.25, 0.3) is 0 Å². The first-order chi connectivity index (χ1) is 13.2. The van der Waals surface area contributed by atoms with Crippen LogP contribution in [0.5, 0.6) is 11.5 Å². The van der Waals surface area contributed by atoms with Gasteiger partial charge in [-0.1, -0.05) is 58.4 Å². The van der Waals surface area contributed by atoms with Crippen LogP contribution in [0, 0.1) is 0 Å². The van der Waals surface area contributed by atoms with E-state index in [1.165, 1.54) is 5.56 Å². The number of methoxy groups -OCH3 is 1. The Balaban J connectivity index is 2.08. The largest absolute Gasteiger partial charge is 0.514 e. The van der Waals surface area contributed by atoms with Gasteiger partial charge in [-0.05, 0) is 55.2 Å². The van der Waals surface area contributed by atoms with Gasteiger partial charge in [-0.3, -0.25) is 0 Å². The number of carbonyl (C=O) groups is 1. The van der Waals surface area contributed by atoms with Crippen LogP contribution in [0.2, 0.25) is 0 Å². The van der Waals surface area contributed by atoms with E-state index in [0.717, 1.165) is 30.6 Å². The summed E-state index contributed by atoms with van der Waals surface area (Å²) in [4.78, 5) is 12.2. The quantitative estimate of drug-likeness (QED) is 0.385. The van der Waals surface area contributed by atoms with E-state index in [9.17, 15) is 4.79 Å². The second-order valence-corrected chi connectivity index (χ2v) is 7.89. The van der Waals surface area contributed by atoms with Gasteiger partial charge in [0, 0.05) is 5.41 Å². The summed E-state index contributed by atoms with van der Waals surface area (Å²) in [5.41, 5.74) is 1.64. The van der Waals surface area contributed by atoms with Crippen molar-refractivity contribution in [1.82, 2.24) is 0 Å². The van der Waals surface area contributed by atoms with Crippen molar-refractivity contribution in [3.05, 3.63) is 59.7 Å². The lowest BCUT2D eigenvalue weighted by Crippen LogP contribution is -2.32. The zero-order chi connectivity index (χ0) is 20.8. The molecule has 4 nitrogen and oxygen atoms in total. The molecule has 0 saturated heterocycles. The van der Waals surface area contributed by atoms with Gasteiger partial charge in [-0.15, -0.1) is 0 Å². The van der Waals surface area contributed by atoms with E-state index < -0.39 is 11.8 Å². The number of hydrogen-bond acceptors (Lipinski definition) is 4. The molecule has 0 heterocycles. The van der Waals surface area contributed by atoms with E-state index in [2.05, 4.69) is 32.9 Å². The molecule has 28 heavy (non-hydrogen) atoms. The van der Waals surface area contributed by atoms with E-state index in [-0.39, 0.29) is 5.41 Å². The van der Waals surface area contributed by atoms with Crippen molar-refractivity contribution in [3.8, 4) is 11.5 Å². The van der Waals surface area contributed by atoms with Crippen molar-refractivity contribution >= 4 is 6.16 Å². The number of rotatable bonds is 8. The van der Waals surface area contributed by atoms with Crippen LogP contribution in [-0.4, -0.2) is 18.9 Å².